The van der Waals surface area contributed by atoms with E-state index in [9.17, 15) is 0 Å². The third-order valence-electron chi connectivity index (χ3n) is 3.54. The van der Waals surface area contributed by atoms with Crippen molar-refractivity contribution in [3.05, 3.63) is 23.2 Å². The fourth-order valence-corrected chi connectivity index (χ4v) is 2.74. The summed E-state index contributed by atoms with van der Waals surface area (Å²) >= 11 is 1.35. The van der Waals surface area contributed by atoms with Crippen molar-refractivity contribution >= 4 is 11.5 Å². The van der Waals surface area contributed by atoms with E-state index in [0.717, 1.165) is 45.1 Å². The molecule has 7 nitrogen and oxygen atoms in total. The highest BCUT2D eigenvalue weighted by Crippen LogP contribution is 2.11. The number of likely N-dealkylation sites (N-methyl/N-ethyl adjacent to an activating group) is 1. The van der Waals surface area contributed by atoms with Crippen LogP contribution < -0.4 is 4.74 Å². The van der Waals surface area contributed by atoms with Gasteiger partial charge in [-0.25, -0.2) is 0 Å². The Kier molecular flexibility index (Phi) is 4.79. The second-order valence-corrected chi connectivity index (χ2v) is 5.61. The number of piperazine rings is 1. The maximum Gasteiger partial charge on any atom is 0.264 e. The first-order chi connectivity index (χ1) is 10.3. The molecule has 3 rings (SSSR count). The topological polar surface area (TPSA) is 67.5 Å². The summed E-state index contributed by atoms with van der Waals surface area (Å²) in [6.45, 7) is 8.62. The quantitative estimate of drug-likeness (QED) is 0.795. The Balaban J connectivity index is 1.46. The molecule has 114 valence electrons. The molecule has 0 saturated carbocycles. The Hall–Kier alpha value is -1.51. The van der Waals surface area contributed by atoms with Crippen molar-refractivity contribution in [3.8, 4) is 5.88 Å². The van der Waals surface area contributed by atoms with E-state index in [4.69, 9.17) is 9.26 Å². The predicted molar refractivity (Wildman–Crippen MR) is 78.1 cm³/mol. The molecule has 0 unspecified atom stereocenters. The van der Waals surface area contributed by atoms with Gasteiger partial charge in [0.05, 0.1) is 6.54 Å². The van der Waals surface area contributed by atoms with E-state index in [0.29, 0.717) is 11.8 Å². The third kappa shape index (κ3) is 3.99. The molecule has 0 N–H and O–H groups in total. The monoisotopic (exact) mass is 309 g/mol. The Morgan fingerprint density at radius 3 is 2.81 bits per heavy atom. The lowest BCUT2D eigenvalue weighted by molar-refractivity contribution is 0.128. The van der Waals surface area contributed by atoms with Crippen LogP contribution in [0.1, 0.15) is 18.6 Å². The fraction of sp³-hybridized carbons (Fsp3) is 0.615. The van der Waals surface area contributed by atoms with Crippen molar-refractivity contribution in [2.24, 2.45) is 0 Å². The van der Waals surface area contributed by atoms with E-state index in [-0.39, 0.29) is 6.61 Å². The summed E-state index contributed by atoms with van der Waals surface area (Å²) in [6, 6.07) is 1.81. The number of hydrogen-bond donors (Lipinski definition) is 0. The van der Waals surface area contributed by atoms with Gasteiger partial charge < -0.3 is 14.2 Å². The van der Waals surface area contributed by atoms with Crippen LogP contribution in [0.4, 0.5) is 0 Å². The van der Waals surface area contributed by atoms with Crippen molar-refractivity contribution in [2.75, 3.05) is 32.7 Å². The van der Waals surface area contributed by atoms with Gasteiger partial charge in [-0.3, -0.25) is 4.90 Å². The van der Waals surface area contributed by atoms with Crippen LogP contribution in [-0.4, -0.2) is 57.0 Å². The molecule has 1 fully saturated rings. The van der Waals surface area contributed by atoms with Crippen LogP contribution >= 0.6 is 11.5 Å². The van der Waals surface area contributed by atoms with Crippen LogP contribution in [0, 0.1) is 0 Å². The summed E-state index contributed by atoms with van der Waals surface area (Å²) < 4.78 is 14.7. The zero-order valence-electron chi connectivity index (χ0n) is 12.1. The average molecular weight is 309 g/mol. The summed E-state index contributed by atoms with van der Waals surface area (Å²) in [5.74, 6) is 1.80. The third-order valence-corrected chi connectivity index (χ3v) is 4.09. The van der Waals surface area contributed by atoms with Crippen LogP contribution in [0.2, 0.25) is 0 Å². The number of hydrogen-bond acceptors (Lipinski definition) is 8. The molecule has 3 heterocycles. The summed E-state index contributed by atoms with van der Waals surface area (Å²) in [4.78, 5) is 9.15. The lowest BCUT2D eigenvalue weighted by atomic mass is 10.3. The zero-order chi connectivity index (χ0) is 14.5. The first-order valence-corrected chi connectivity index (χ1v) is 7.96. The van der Waals surface area contributed by atoms with E-state index in [2.05, 4.69) is 31.2 Å². The predicted octanol–water partition coefficient (Wildman–Crippen LogP) is 1.24. The van der Waals surface area contributed by atoms with Gasteiger partial charge in [0.2, 0.25) is 5.88 Å². The number of aromatic nitrogens is 3. The van der Waals surface area contributed by atoms with Crippen LogP contribution in [0.3, 0.4) is 0 Å². The average Bonchev–Trinajstić information content (AvgIpc) is 3.17. The van der Waals surface area contributed by atoms with Crippen LogP contribution in [0.25, 0.3) is 0 Å². The van der Waals surface area contributed by atoms with Gasteiger partial charge in [0.1, 0.15) is 0 Å². The highest BCUT2D eigenvalue weighted by atomic mass is 32.1. The highest BCUT2D eigenvalue weighted by molar-refractivity contribution is 7.03. The van der Waals surface area contributed by atoms with Crippen molar-refractivity contribution in [2.45, 2.75) is 20.1 Å². The Morgan fingerprint density at radius 1 is 1.29 bits per heavy atom. The lowest BCUT2D eigenvalue weighted by Crippen LogP contribution is -2.45. The van der Waals surface area contributed by atoms with Gasteiger partial charge in [-0.15, -0.1) is 0 Å². The number of rotatable bonds is 6. The maximum absolute atomic E-state index is 5.45. The Morgan fingerprint density at radius 2 is 2.10 bits per heavy atom. The van der Waals surface area contributed by atoms with Crippen molar-refractivity contribution < 1.29 is 9.26 Å². The summed E-state index contributed by atoms with van der Waals surface area (Å²) in [7, 11) is 0. The summed E-state index contributed by atoms with van der Waals surface area (Å²) in [5.41, 5.74) is 0. The molecular formula is C13H19N5O2S. The Bertz CT molecular complexity index is 537. The SMILES string of the molecule is CCN1CCN(Cc2noc(COc3ccsn3)n2)CC1. The molecular weight excluding hydrogens is 290 g/mol. The Labute approximate surface area is 127 Å². The lowest BCUT2D eigenvalue weighted by Gasteiger charge is -2.33. The van der Waals surface area contributed by atoms with E-state index in [1.165, 1.54) is 11.5 Å². The molecule has 1 aliphatic rings. The minimum absolute atomic E-state index is 0.264. The number of nitrogens with zero attached hydrogens (tertiary/aromatic N) is 5. The van der Waals surface area contributed by atoms with E-state index in [1.54, 1.807) is 0 Å². The molecule has 2 aromatic heterocycles. The van der Waals surface area contributed by atoms with Crippen molar-refractivity contribution in [1.29, 1.82) is 0 Å². The highest BCUT2D eigenvalue weighted by Gasteiger charge is 2.18. The molecule has 0 aliphatic carbocycles. The van der Waals surface area contributed by atoms with Crippen LogP contribution in [0.15, 0.2) is 16.0 Å². The maximum atomic E-state index is 5.45. The summed E-state index contributed by atoms with van der Waals surface area (Å²) in [6.07, 6.45) is 0. The minimum atomic E-state index is 0.264. The molecule has 0 aromatic carbocycles. The minimum Gasteiger partial charge on any atom is -0.467 e. The molecule has 8 heteroatoms. The standard InChI is InChI=1S/C13H19N5O2S/c1-2-17-4-6-18(7-5-17)9-11-14-13(20-15-11)10-19-12-3-8-21-16-12/h3,8H,2,4-7,9-10H2,1H3. The van der Waals surface area contributed by atoms with Gasteiger partial charge in [-0.05, 0) is 18.1 Å². The first-order valence-electron chi connectivity index (χ1n) is 7.13. The summed E-state index contributed by atoms with van der Waals surface area (Å²) in [5, 5.41) is 5.88. The molecule has 21 heavy (non-hydrogen) atoms. The molecule has 1 saturated heterocycles. The molecule has 0 amide bonds. The number of ether oxygens (including phenoxy) is 1. The van der Waals surface area contributed by atoms with Gasteiger partial charge in [0.15, 0.2) is 12.4 Å². The van der Waals surface area contributed by atoms with Crippen LogP contribution in [-0.2, 0) is 13.2 Å². The van der Waals surface area contributed by atoms with Crippen molar-refractivity contribution in [3.63, 3.8) is 0 Å². The van der Waals surface area contributed by atoms with Gasteiger partial charge in [0.25, 0.3) is 5.89 Å². The molecule has 0 spiro atoms. The second kappa shape index (κ2) is 6.97. The van der Waals surface area contributed by atoms with E-state index in [1.807, 2.05) is 11.4 Å². The largest absolute Gasteiger partial charge is 0.467 e. The molecule has 1 aliphatic heterocycles. The van der Waals surface area contributed by atoms with Gasteiger partial charge >= 0.3 is 0 Å². The normalized spacial score (nSPS) is 17.2. The van der Waals surface area contributed by atoms with E-state index >= 15 is 0 Å². The molecule has 0 radical (unpaired) electrons. The second-order valence-electron chi connectivity index (χ2n) is 4.94. The van der Waals surface area contributed by atoms with Gasteiger partial charge in [-0.2, -0.15) is 9.36 Å². The molecule has 0 atom stereocenters. The van der Waals surface area contributed by atoms with Crippen molar-refractivity contribution in [1.82, 2.24) is 24.3 Å². The molecule has 2 aromatic rings. The zero-order valence-corrected chi connectivity index (χ0v) is 12.9. The smallest absolute Gasteiger partial charge is 0.264 e. The van der Waals surface area contributed by atoms with Crippen LogP contribution in [0.5, 0.6) is 5.88 Å². The van der Waals surface area contributed by atoms with Gasteiger partial charge in [0, 0.05) is 37.6 Å². The first kappa shape index (κ1) is 14.4. The molecule has 0 bridgehead atoms. The van der Waals surface area contributed by atoms with E-state index < -0.39 is 0 Å². The van der Waals surface area contributed by atoms with Gasteiger partial charge in [-0.1, -0.05) is 12.1 Å². The fourth-order valence-electron chi connectivity index (χ4n) is 2.29.